The predicted octanol–water partition coefficient (Wildman–Crippen LogP) is 0.0694. The van der Waals surface area contributed by atoms with Crippen molar-refractivity contribution in [3.8, 4) is 0 Å². The number of amides is 1. The van der Waals surface area contributed by atoms with Crippen molar-refractivity contribution in [2.24, 2.45) is 5.14 Å². The summed E-state index contributed by atoms with van der Waals surface area (Å²) in [6.07, 6.45) is 1.68. The lowest BCUT2D eigenvalue weighted by Gasteiger charge is -2.31. The highest BCUT2D eigenvalue weighted by Crippen LogP contribution is 2.41. The largest absolute Gasteiger partial charge is 0.342 e. The van der Waals surface area contributed by atoms with E-state index in [0.717, 1.165) is 12.8 Å². The van der Waals surface area contributed by atoms with Gasteiger partial charge in [0.1, 0.15) is 0 Å². The number of hydrogen-bond acceptors (Lipinski definition) is 1. The molecular formula is C10H27N2O4PS. The molecular weight excluding hydrogens is 275 g/mol. The molecule has 0 saturated carbocycles. The Balaban J connectivity index is 5.03. The van der Waals surface area contributed by atoms with Gasteiger partial charge in [0, 0.05) is 13.1 Å². The van der Waals surface area contributed by atoms with Gasteiger partial charge in [-0.25, -0.2) is 0 Å². The fraction of sp³-hybridized carbons (Fsp3) is 0.900. The topological polar surface area (TPSA) is 107 Å². The van der Waals surface area contributed by atoms with E-state index in [2.05, 4.69) is 0 Å². The molecule has 0 rings (SSSR count). The quantitative estimate of drug-likeness (QED) is 0.338. The van der Waals surface area contributed by atoms with E-state index in [9.17, 15) is 19.5 Å². The van der Waals surface area contributed by atoms with Crippen LogP contribution in [0.2, 0.25) is 0 Å². The molecule has 0 aromatic carbocycles. The van der Waals surface area contributed by atoms with Crippen LogP contribution in [0.15, 0.2) is 0 Å². The summed E-state index contributed by atoms with van der Waals surface area (Å²) in [7, 11) is -2.90. The Morgan fingerprint density at radius 1 is 1.17 bits per heavy atom. The van der Waals surface area contributed by atoms with Gasteiger partial charge in [0.2, 0.25) is 5.91 Å². The molecule has 0 atom stereocenters. The first-order valence-corrected chi connectivity index (χ1v) is 10.8. The molecule has 112 valence electrons. The highest BCUT2D eigenvalue weighted by molar-refractivity contribution is 8.38. The van der Waals surface area contributed by atoms with Crippen LogP contribution in [-0.2, 0) is 14.2 Å². The van der Waals surface area contributed by atoms with Crippen LogP contribution < -0.4 is 5.14 Å². The third-order valence-corrected chi connectivity index (χ3v) is 10.3. The number of carbonyl (C=O) groups excluding carboxylic acids is 1. The zero-order valence-electron chi connectivity index (χ0n) is 11.4. The molecule has 0 fully saturated rings. The second kappa shape index (κ2) is 7.62. The fourth-order valence-electron chi connectivity index (χ4n) is 1.63. The molecule has 0 spiro atoms. The number of rotatable bonds is 7. The minimum Gasteiger partial charge on any atom is -0.342 e. The van der Waals surface area contributed by atoms with Crippen molar-refractivity contribution in [3.63, 3.8) is 0 Å². The van der Waals surface area contributed by atoms with Crippen molar-refractivity contribution in [2.75, 3.05) is 24.6 Å². The first-order chi connectivity index (χ1) is 8.21. The summed E-state index contributed by atoms with van der Waals surface area (Å²) in [6.45, 7) is 2.75. The smallest absolute Gasteiger partial charge is 0.271 e. The zero-order chi connectivity index (χ0) is 14.4. The summed E-state index contributed by atoms with van der Waals surface area (Å²) in [6, 6.07) is 0. The van der Waals surface area contributed by atoms with E-state index < -0.39 is 16.1 Å². The lowest BCUT2D eigenvalue weighted by Crippen LogP contribution is -2.42. The van der Waals surface area contributed by atoms with Crippen molar-refractivity contribution in [1.82, 2.24) is 4.90 Å². The van der Waals surface area contributed by atoms with Crippen molar-refractivity contribution in [2.45, 2.75) is 33.6 Å². The second-order valence-corrected chi connectivity index (χ2v) is 12.4. The van der Waals surface area contributed by atoms with Crippen molar-refractivity contribution in [3.05, 3.63) is 0 Å². The first-order valence-electron chi connectivity index (χ1n) is 6.23. The van der Waals surface area contributed by atoms with Crippen LogP contribution >= 0.6 is 6.72 Å². The molecule has 0 aliphatic carbocycles. The molecule has 1 amide bonds. The average Bonchev–Trinajstić information content (AvgIpc) is 2.27. The number of hydrogen-bond donors (Lipinski definition) is 5. The highest BCUT2D eigenvalue weighted by atomic mass is 32.6. The van der Waals surface area contributed by atoms with Gasteiger partial charge in [0.25, 0.3) is 6.72 Å². The molecule has 0 aliphatic rings. The van der Waals surface area contributed by atoms with E-state index in [-0.39, 0.29) is 17.4 Å². The summed E-state index contributed by atoms with van der Waals surface area (Å²) >= 11 is 0. The van der Waals surface area contributed by atoms with Crippen LogP contribution in [-0.4, -0.2) is 50.1 Å². The Hall–Kier alpha value is 0.0900. The lowest BCUT2D eigenvalue weighted by atomic mass is 10.3. The van der Waals surface area contributed by atoms with E-state index in [4.69, 9.17) is 5.14 Å². The van der Waals surface area contributed by atoms with Gasteiger partial charge in [0.15, 0.2) is 0 Å². The van der Waals surface area contributed by atoms with Crippen molar-refractivity contribution >= 4 is 22.0 Å². The third-order valence-electron chi connectivity index (χ3n) is 2.83. The van der Waals surface area contributed by atoms with Gasteiger partial charge in [0.05, 0.1) is 5.75 Å². The molecule has 8 heteroatoms. The van der Waals surface area contributed by atoms with Gasteiger partial charge < -0.3 is 19.6 Å². The molecule has 0 unspecified atom stereocenters. The zero-order valence-corrected chi connectivity index (χ0v) is 13.2. The SMILES string of the molecule is CCCN(CCC)C(=O)C[SH](N)(CC)=P(O)(O)O. The Morgan fingerprint density at radius 2 is 1.61 bits per heavy atom. The Kier molecular flexibility index (Phi) is 7.66. The summed E-state index contributed by atoms with van der Waals surface area (Å²) in [5, 5.41) is 5.87. The van der Waals surface area contributed by atoms with E-state index in [1.54, 1.807) is 11.8 Å². The van der Waals surface area contributed by atoms with Crippen LogP contribution in [0.25, 0.3) is 0 Å². The van der Waals surface area contributed by atoms with E-state index in [1.165, 1.54) is 0 Å². The van der Waals surface area contributed by atoms with Crippen LogP contribution in [0.4, 0.5) is 0 Å². The van der Waals surface area contributed by atoms with Gasteiger partial charge in [-0.05, 0) is 18.6 Å². The van der Waals surface area contributed by atoms with Crippen LogP contribution in [0.5, 0.6) is 0 Å². The summed E-state index contributed by atoms with van der Waals surface area (Å²) in [5.74, 6) is -0.0963. The number of carbonyl (C=O) groups is 1. The molecule has 5 N–H and O–H groups in total. The molecule has 0 aliphatic heterocycles. The normalized spacial score (nSPS) is 13.5. The van der Waals surface area contributed by atoms with Crippen molar-refractivity contribution in [1.29, 1.82) is 0 Å². The Labute approximate surface area is 110 Å². The molecule has 0 radical (unpaired) electrons. The lowest BCUT2D eigenvalue weighted by molar-refractivity contribution is -0.128. The van der Waals surface area contributed by atoms with E-state index in [1.807, 2.05) is 13.8 Å². The maximum absolute atomic E-state index is 12.1. The molecule has 0 aromatic rings. The van der Waals surface area contributed by atoms with Gasteiger partial charge in [-0.3, -0.25) is 9.93 Å². The van der Waals surface area contributed by atoms with Gasteiger partial charge in [-0.1, -0.05) is 20.8 Å². The molecule has 6 nitrogen and oxygen atoms in total. The second-order valence-electron chi connectivity index (χ2n) is 4.38. The number of nitrogens with zero attached hydrogens (tertiary/aromatic N) is 1. The minimum absolute atomic E-state index is 0.138. The van der Waals surface area contributed by atoms with Gasteiger partial charge >= 0.3 is 0 Å². The first kappa shape index (κ1) is 18.1. The fourth-order valence-corrected chi connectivity index (χ4v) is 5.16. The Morgan fingerprint density at radius 3 is 1.89 bits per heavy atom. The maximum atomic E-state index is 12.1. The molecule has 0 aromatic heterocycles. The third kappa shape index (κ3) is 4.99. The maximum Gasteiger partial charge on any atom is 0.271 e. The molecule has 0 bridgehead atoms. The predicted molar refractivity (Wildman–Crippen MR) is 79.1 cm³/mol. The van der Waals surface area contributed by atoms with Crippen molar-refractivity contribution < 1.29 is 19.5 Å². The van der Waals surface area contributed by atoms with Crippen LogP contribution in [0, 0.1) is 0 Å². The summed E-state index contributed by atoms with van der Waals surface area (Å²) < 4.78 is 0. The van der Waals surface area contributed by atoms with Crippen LogP contribution in [0.3, 0.4) is 0 Å². The van der Waals surface area contributed by atoms with E-state index >= 15 is 0 Å². The number of thiol groups is 1. The Bertz CT molecular complexity index is 342. The number of nitrogens with two attached hydrogens (primary N) is 1. The van der Waals surface area contributed by atoms with Gasteiger partial charge in [-0.15, -0.1) is 9.39 Å². The summed E-state index contributed by atoms with van der Waals surface area (Å²) in [5.41, 5.74) is 0. The average molecular weight is 302 g/mol. The molecule has 0 saturated heterocycles. The molecule has 18 heavy (non-hydrogen) atoms. The van der Waals surface area contributed by atoms with Crippen LogP contribution in [0.1, 0.15) is 33.6 Å². The highest BCUT2D eigenvalue weighted by Gasteiger charge is 2.24. The van der Waals surface area contributed by atoms with E-state index in [0.29, 0.717) is 13.1 Å². The minimum atomic E-state index is -4.13. The monoisotopic (exact) mass is 302 g/mol. The standard InChI is InChI=1S/C10H27N2O4PS/c1-4-7-12(8-5-2)10(13)9-18(11,6-3)17(14,15)16/h14-16,18H,4-9,11H2,1-3H3. The molecule has 0 heterocycles. The van der Waals surface area contributed by atoms with Gasteiger partial charge in [-0.2, -0.15) is 0 Å². The summed E-state index contributed by atoms with van der Waals surface area (Å²) in [4.78, 5) is 42.0.